The molecule has 1 amide bonds. The van der Waals surface area contributed by atoms with E-state index in [1.807, 2.05) is 30.3 Å². The maximum absolute atomic E-state index is 11.8. The van der Waals surface area contributed by atoms with E-state index < -0.39 is 30.3 Å². The highest BCUT2D eigenvalue weighted by Crippen LogP contribution is 2.05. The summed E-state index contributed by atoms with van der Waals surface area (Å²) in [6.07, 6.45) is -0.421. The number of carbonyl (C=O) groups is 3. The number of hydrogen-bond acceptors (Lipinski definition) is 4. The van der Waals surface area contributed by atoms with Gasteiger partial charge in [-0.15, -0.1) is 0 Å². The molecule has 0 bridgehead atoms. The summed E-state index contributed by atoms with van der Waals surface area (Å²) in [5, 5.41) is 10.9. The predicted octanol–water partition coefficient (Wildman–Crippen LogP) is 0.752. The van der Waals surface area contributed by atoms with Crippen molar-refractivity contribution in [2.45, 2.75) is 25.8 Å². The highest BCUT2D eigenvalue weighted by atomic mass is 16.5. The lowest BCUT2D eigenvalue weighted by Crippen LogP contribution is -2.44. The SMILES string of the molecule is CCOC(=O)[C@H](Cc1ccccc1)NC(=O)CC(=O)O. The van der Waals surface area contributed by atoms with Crippen LogP contribution in [0.2, 0.25) is 0 Å². The Labute approximate surface area is 116 Å². The number of benzene rings is 1. The summed E-state index contributed by atoms with van der Waals surface area (Å²) in [6.45, 7) is 1.86. The Morgan fingerprint density at radius 3 is 2.45 bits per heavy atom. The maximum Gasteiger partial charge on any atom is 0.328 e. The van der Waals surface area contributed by atoms with Gasteiger partial charge < -0.3 is 15.2 Å². The van der Waals surface area contributed by atoms with Gasteiger partial charge in [-0.1, -0.05) is 30.3 Å². The molecule has 0 aromatic heterocycles. The highest BCUT2D eigenvalue weighted by Gasteiger charge is 2.23. The molecule has 0 spiro atoms. The standard InChI is InChI=1S/C14H17NO5/c1-2-20-14(19)11(15-12(16)9-13(17)18)8-10-6-4-3-5-7-10/h3-7,11H,2,8-9H2,1H3,(H,15,16)(H,17,18)/t11-/m0/s1. The van der Waals surface area contributed by atoms with Crippen molar-refractivity contribution in [1.82, 2.24) is 5.32 Å². The lowest BCUT2D eigenvalue weighted by Gasteiger charge is -2.17. The maximum atomic E-state index is 11.8. The van der Waals surface area contributed by atoms with Crippen LogP contribution in [-0.2, 0) is 25.5 Å². The smallest absolute Gasteiger partial charge is 0.328 e. The number of aliphatic carboxylic acids is 1. The Bertz CT molecular complexity index is 472. The minimum atomic E-state index is -1.25. The van der Waals surface area contributed by atoms with Gasteiger partial charge in [-0.25, -0.2) is 4.79 Å². The summed E-state index contributed by atoms with van der Waals surface area (Å²) in [5.74, 6) is -2.54. The summed E-state index contributed by atoms with van der Waals surface area (Å²) < 4.78 is 4.88. The van der Waals surface area contributed by atoms with E-state index in [9.17, 15) is 14.4 Å². The monoisotopic (exact) mass is 279 g/mol. The van der Waals surface area contributed by atoms with Crippen LogP contribution < -0.4 is 5.32 Å². The van der Waals surface area contributed by atoms with E-state index in [1.54, 1.807) is 6.92 Å². The minimum absolute atomic E-state index is 0.193. The molecule has 0 heterocycles. The molecule has 6 nitrogen and oxygen atoms in total. The molecule has 0 unspecified atom stereocenters. The van der Waals surface area contributed by atoms with Crippen molar-refractivity contribution < 1.29 is 24.2 Å². The zero-order chi connectivity index (χ0) is 15.0. The number of nitrogens with one attached hydrogen (secondary N) is 1. The first kappa shape index (κ1) is 15.7. The van der Waals surface area contributed by atoms with Gasteiger partial charge in [0, 0.05) is 6.42 Å². The molecule has 1 aromatic rings. The van der Waals surface area contributed by atoms with Gasteiger partial charge in [0.1, 0.15) is 12.5 Å². The Morgan fingerprint density at radius 2 is 1.90 bits per heavy atom. The zero-order valence-electron chi connectivity index (χ0n) is 11.2. The summed E-state index contributed by atoms with van der Waals surface area (Å²) in [5.41, 5.74) is 0.848. The van der Waals surface area contributed by atoms with Crippen LogP contribution in [0.3, 0.4) is 0 Å². The summed E-state index contributed by atoms with van der Waals surface area (Å²) in [4.78, 5) is 33.7. The van der Waals surface area contributed by atoms with Crippen LogP contribution in [0.4, 0.5) is 0 Å². The van der Waals surface area contributed by atoms with Crippen molar-refractivity contribution in [2.24, 2.45) is 0 Å². The van der Waals surface area contributed by atoms with Crippen LogP contribution >= 0.6 is 0 Å². The first-order valence-electron chi connectivity index (χ1n) is 6.24. The minimum Gasteiger partial charge on any atom is -0.481 e. The molecule has 20 heavy (non-hydrogen) atoms. The first-order chi connectivity index (χ1) is 9.52. The van der Waals surface area contributed by atoms with E-state index >= 15 is 0 Å². The normalized spacial score (nSPS) is 11.4. The van der Waals surface area contributed by atoms with E-state index in [0.29, 0.717) is 0 Å². The number of hydrogen-bond donors (Lipinski definition) is 2. The highest BCUT2D eigenvalue weighted by molar-refractivity contribution is 5.95. The molecule has 1 atom stereocenters. The molecule has 1 aromatic carbocycles. The fourth-order valence-electron chi connectivity index (χ4n) is 1.67. The third-order valence-electron chi connectivity index (χ3n) is 2.50. The molecule has 0 aliphatic carbocycles. The largest absolute Gasteiger partial charge is 0.481 e. The fourth-order valence-corrected chi connectivity index (χ4v) is 1.67. The molecule has 2 N–H and O–H groups in total. The van der Waals surface area contributed by atoms with Gasteiger partial charge in [0.25, 0.3) is 0 Å². The number of ether oxygens (including phenoxy) is 1. The van der Waals surface area contributed by atoms with Gasteiger partial charge in [0.05, 0.1) is 6.61 Å². The van der Waals surface area contributed by atoms with Crippen LogP contribution in [-0.4, -0.2) is 35.6 Å². The number of carbonyl (C=O) groups excluding carboxylic acids is 2. The Hall–Kier alpha value is -2.37. The first-order valence-corrected chi connectivity index (χ1v) is 6.24. The number of esters is 1. The zero-order valence-corrected chi connectivity index (χ0v) is 11.2. The molecular formula is C14H17NO5. The lowest BCUT2D eigenvalue weighted by atomic mass is 10.1. The van der Waals surface area contributed by atoms with Crippen molar-refractivity contribution >= 4 is 17.8 Å². The van der Waals surface area contributed by atoms with Crippen LogP contribution in [0.5, 0.6) is 0 Å². The molecule has 0 saturated carbocycles. The third kappa shape index (κ3) is 5.51. The molecule has 0 aliphatic rings. The van der Waals surface area contributed by atoms with Crippen LogP contribution in [0.15, 0.2) is 30.3 Å². The van der Waals surface area contributed by atoms with Crippen molar-refractivity contribution in [3.05, 3.63) is 35.9 Å². The third-order valence-corrected chi connectivity index (χ3v) is 2.50. The molecule has 1 rings (SSSR count). The molecule has 0 fully saturated rings. The average molecular weight is 279 g/mol. The van der Waals surface area contributed by atoms with Crippen LogP contribution in [0, 0.1) is 0 Å². The summed E-state index contributed by atoms with van der Waals surface area (Å²) in [6, 6.07) is 8.22. The van der Waals surface area contributed by atoms with E-state index in [1.165, 1.54) is 0 Å². The van der Waals surface area contributed by atoms with Crippen LogP contribution in [0.25, 0.3) is 0 Å². The quantitative estimate of drug-likeness (QED) is 0.567. The Kier molecular flexibility index (Phi) is 6.22. The van der Waals surface area contributed by atoms with Gasteiger partial charge in [-0.05, 0) is 12.5 Å². The number of carboxylic acids is 1. The second-order valence-electron chi connectivity index (χ2n) is 4.13. The van der Waals surface area contributed by atoms with E-state index in [0.717, 1.165) is 5.56 Å². The van der Waals surface area contributed by atoms with Gasteiger partial charge in [-0.3, -0.25) is 9.59 Å². The molecular weight excluding hydrogens is 262 g/mol. The Balaban J connectivity index is 2.72. The second kappa shape index (κ2) is 7.93. The van der Waals surface area contributed by atoms with Gasteiger partial charge in [0.2, 0.25) is 5.91 Å². The molecule has 108 valence electrons. The van der Waals surface area contributed by atoms with Gasteiger partial charge in [0.15, 0.2) is 0 Å². The fraction of sp³-hybridized carbons (Fsp3) is 0.357. The van der Waals surface area contributed by atoms with Crippen molar-refractivity contribution in [1.29, 1.82) is 0 Å². The van der Waals surface area contributed by atoms with Crippen molar-refractivity contribution in [2.75, 3.05) is 6.61 Å². The number of amides is 1. The molecule has 6 heteroatoms. The number of carboxylic acid groups (broad SMARTS) is 1. The average Bonchev–Trinajstić information content (AvgIpc) is 2.38. The second-order valence-corrected chi connectivity index (χ2v) is 4.13. The molecule has 0 radical (unpaired) electrons. The van der Waals surface area contributed by atoms with Crippen molar-refractivity contribution in [3.8, 4) is 0 Å². The number of rotatable bonds is 7. The molecule has 0 aliphatic heterocycles. The topological polar surface area (TPSA) is 92.7 Å². The van der Waals surface area contributed by atoms with E-state index in [4.69, 9.17) is 9.84 Å². The van der Waals surface area contributed by atoms with E-state index in [2.05, 4.69) is 5.32 Å². The lowest BCUT2D eigenvalue weighted by molar-refractivity contribution is -0.149. The molecule has 0 saturated heterocycles. The Morgan fingerprint density at radius 1 is 1.25 bits per heavy atom. The van der Waals surface area contributed by atoms with Crippen LogP contribution in [0.1, 0.15) is 18.9 Å². The van der Waals surface area contributed by atoms with Crippen molar-refractivity contribution in [3.63, 3.8) is 0 Å². The van der Waals surface area contributed by atoms with Gasteiger partial charge in [-0.2, -0.15) is 0 Å². The van der Waals surface area contributed by atoms with E-state index in [-0.39, 0.29) is 13.0 Å². The van der Waals surface area contributed by atoms with Gasteiger partial charge >= 0.3 is 11.9 Å². The predicted molar refractivity (Wildman–Crippen MR) is 71.0 cm³/mol. The summed E-state index contributed by atoms with van der Waals surface area (Å²) >= 11 is 0. The summed E-state index contributed by atoms with van der Waals surface area (Å²) in [7, 11) is 0.